The lowest BCUT2D eigenvalue weighted by Gasteiger charge is -2.19. The molecule has 0 fully saturated rings. The smallest absolute Gasteiger partial charge is 0.277 e. The summed E-state index contributed by atoms with van der Waals surface area (Å²) in [5.41, 5.74) is 8.95. The van der Waals surface area contributed by atoms with E-state index in [2.05, 4.69) is 15.0 Å². The predicted molar refractivity (Wildman–Crippen MR) is 252 cm³/mol. The lowest BCUT2D eigenvalue weighted by atomic mass is 10.1. The summed E-state index contributed by atoms with van der Waals surface area (Å²) in [5.74, 6) is 2.71. The SMILES string of the molecule is CCn1c(=O)c(-c2ccc3c(c2)OCCO3)nc2ccccc21.CCn1c(=O)c(-c2ccc3c(c2)OCO3)nc2ccccc21.CCn1c(=O)c(Cc2ccccc2)nc2ccccc21. The van der Waals surface area contributed by atoms with Gasteiger partial charge in [0.25, 0.3) is 16.7 Å². The number of aryl methyl sites for hydroxylation is 3. The molecule has 13 nitrogen and oxygen atoms in total. The molecule has 0 spiro atoms. The van der Waals surface area contributed by atoms with E-state index in [9.17, 15) is 14.4 Å². The highest BCUT2D eigenvalue weighted by molar-refractivity contribution is 5.79. The van der Waals surface area contributed by atoms with Gasteiger partial charge >= 0.3 is 0 Å². The third kappa shape index (κ3) is 8.55. The summed E-state index contributed by atoms with van der Waals surface area (Å²) in [6, 6.07) is 44.1. The average molecular weight is 867 g/mol. The first-order chi connectivity index (χ1) is 31.8. The Hall–Kier alpha value is -8.06. The van der Waals surface area contributed by atoms with Crippen LogP contribution < -0.4 is 35.6 Å². The van der Waals surface area contributed by atoms with Crippen molar-refractivity contribution in [1.29, 1.82) is 0 Å². The summed E-state index contributed by atoms with van der Waals surface area (Å²) in [6.45, 7) is 9.02. The molecule has 5 heterocycles. The molecule has 326 valence electrons. The molecule has 0 bridgehead atoms. The summed E-state index contributed by atoms with van der Waals surface area (Å²) in [4.78, 5) is 51.7. The zero-order chi connectivity index (χ0) is 44.9. The summed E-state index contributed by atoms with van der Waals surface area (Å²) in [6.07, 6.45) is 0.574. The first-order valence-corrected chi connectivity index (χ1v) is 21.7. The van der Waals surface area contributed by atoms with Crippen molar-refractivity contribution in [3.63, 3.8) is 0 Å². The fraction of sp³-hybridized carbons (Fsp3) is 0.192. The Labute approximate surface area is 373 Å². The molecule has 2 aliphatic rings. The van der Waals surface area contributed by atoms with Gasteiger partial charge in [0, 0.05) is 37.2 Å². The standard InChI is InChI=1S/C18H16N2O3.C17H14N2O3.C17H16N2O/c1-2-20-14-6-4-3-5-13(14)19-17(18(20)21)12-7-8-15-16(11-12)23-10-9-22-15;1-2-19-13-6-4-3-5-12(13)18-16(17(19)20)11-7-8-14-15(9-11)22-10-21-14;1-2-19-16-11-7-6-10-14(16)18-15(17(19)20)12-13-8-4-3-5-9-13/h3-8,11H,2,9-10H2,1H3;3-9H,2,10H2,1H3;3-11H,2,12H2,1H3. The molecule has 0 saturated heterocycles. The minimum Gasteiger partial charge on any atom is -0.486 e. The maximum Gasteiger partial charge on any atom is 0.277 e. The molecular formula is C52H46N6O7. The van der Waals surface area contributed by atoms with Crippen molar-refractivity contribution in [3.05, 3.63) is 182 Å². The van der Waals surface area contributed by atoms with E-state index in [0.29, 0.717) is 79.3 Å². The van der Waals surface area contributed by atoms with E-state index in [-0.39, 0.29) is 23.5 Å². The zero-order valence-corrected chi connectivity index (χ0v) is 36.3. The fourth-order valence-corrected chi connectivity index (χ4v) is 8.09. The van der Waals surface area contributed by atoms with Gasteiger partial charge in [-0.25, -0.2) is 15.0 Å². The number of rotatable bonds is 7. The molecule has 0 saturated carbocycles. The minimum absolute atomic E-state index is 0.00931. The average Bonchev–Trinajstić information content (AvgIpc) is 3.83. The predicted octanol–water partition coefficient (Wildman–Crippen LogP) is 8.67. The maximum atomic E-state index is 12.8. The van der Waals surface area contributed by atoms with Crippen molar-refractivity contribution in [3.8, 4) is 45.5 Å². The van der Waals surface area contributed by atoms with Gasteiger partial charge in [-0.05, 0) is 99.1 Å². The molecule has 0 radical (unpaired) electrons. The molecule has 11 rings (SSSR count). The van der Waals surface area contributed by atoms with Crippen LogP contribution in [0.3, 0.4) is 0 Å². The van der Waals surface area contributed by atoms with E-state index in [1.807, 2.05) is 154 Å². The third-order valence-corrected chi connectivity index (χ3v) is 11.2. The minimum atomic E-state index is -0.0972. The summed E-state index contributed by atoms with van der Waals surface area (Å²) < 4.78 is 27.1. The quantitative estimate of drug-likeness (QED) is 0.153. The second-order valence-corrected chi connectivity index (χ2v) is 15.2. The van der Waals surface area contributed by atoms with Crippen molar-refractivity contribution < 1.29 is 18.9 Å². The number of fused-ring (bicyclic) bond motifs is 5. The highest BCUT2D eigenvalue weighted by Gasteiger charge is 2.19. The van der Waals surface area contributed by atoms with Gasteiger partial charge in [0.15, 0.2) is 23.0 Å². The van der Waals surface area contributed by atoms with Crippen molar-refractivity contribution in [2.45, 2.75) is 46.8 Å². The number of hydrogen-bond donors (Lipinski definition) is 0. The number of aromatic nitrogens is 6. The Bertz CT molecular complexity index is 3380. The van der Waals surface area contributed by atoms with Crippen LogP contribution in [0.25, 0.3) is 55.6 Å². The van der Waals surface area contributed by atoms with Gasteiger partial charge in [-0.2, -0.15) is 0 Å². The van der Waals surface area contributed by atoms with E-state index in [0.717, 1.165) is 49.8 Å². The van der Waals surface area contributed by atoms with E-state index in [4.69, 9.17) is 18.9 Å². The van der Waals surface area contributed by atoms with Gasteiger partial charge in [-0.3, -0.25) is 14.4 Å². The van der Waals surface area contributed by atoms with Crippen LogP contribution in [-0.4, -0.2) is 48.7 Å². The van der Waals surface area contributed by atoms with Crippen LogP contribution in [0.2, 0.25) is 0 Å². The molecule has 0 aliphatic carbocycles. The van der Waals surface area contributed by atoms with Gasteiger partial charge in [0.1, 0.15) is 30.3 Å². The highest BCUT2D eigenvalue weighted by Crippen LogP contribution is 2.36. The number of hydrogen-bond acceptors (Lipinski definition) is 10. The fourth-order valence-electron chi connectivity index (χ4n) is 8.09. The number of nitrogens with zero attached hydrogens (tertiary/aromatic N) is 6. The van der Waals surface area contributed by atoms with E-state index >= 15 is 0 Å². The number of para-hydroxylation sites is 6. The molecule has 3 aromatic heterocycles. The first-order valence-electron chi connectivity index (χ1n) is 21.7. The van der Waals surface area contributed by atoms with Gasteiger partial charge in [-0.1, -0.05) is 66.7 Å². The highest BCUT2D eigenvalue weighted by atomic mass is 16.7. The zero-order valence-electron chi connectivity index (χ0n) is 36.3. The molecule has 13 heteroatoms. The second-order valence-electron chi connectivity index (χ2n) is 15.2. The molecule has 0 unspecified atom stereocenters. The van der Waals surface area contributed by atoms with Gasteiger partial charge in [-0.15, -0.1) is 0 Å². The van der Waals surface area contributed by atoms with Gasteiger partial charge in [0.2, 0.25) is 6.79 Å². The molecule has 9 aromatic rings. The Morgan fingerprint density at radius 2 is 0.862 bits per heavy atom. The summed E-state index contributed by atoms with van der Waals surface area (Å²) >= 11 is 0. The molecule has 65 heavy (non-hydrogen) atoms. The second kappa shape index (κ2) is 18.7. The van der Waals surface area contributed by atoms with E-state index in [1.165, 1.54) is 0 Å². The van der Waals surface area contributed by atoms with Crippen molar-refractivity contribution >= 4 is 33.1 Å². The van der Waals surface area contributed by atoms with Crippen LogP contribution in [0.15, 0.2) is 154 Å². The molecule has 6 aromatic carbocycles. The molecular weight excluding hydrogens is 821 g/mol. The van der Waals surface area contributed by atoms with Crippen LogP contribution in [0.4, 0.5) is 0 Å². The Morgan fingerprint density at radius 3 is 1.38 bits per heavy atom. The summed E-state index contributed by atoms with van der Waals surface area (Å²) in [5, 5.41) is 0. The van der Waals surface area contributed by atoms with Gasteiger partial charge < -0.3 is 32.6 Å². The third-order valence-electron chi connectivity index (χ3n) is 11.2. The summed E-state index contributed by atoms with van der Waals surface area (Å²) in [7, 11) is 0. The van der Waals surface area contributed by atoms with Crippen LogP contribution in [0, 0.1) is 0 Å². The van der Waals surface area contributed by atoms with Crippen LogP contribution >= 0.6 is 0 Å². The monoisotopic (exact) mass is 866 g/mol. The Balaban J connectivity index is 0.000000123. The topological polar surface area (TPSA) is 142 Å². The normalized spacial score (nSPS) is 12.4. The van der Waals surface area contributed by atoms with Crippen molar-refractivity contribution in [2.75, 3.05) is 20.0 Å². The lowest BCUT2D eigenvalue weighted by Crippen LogP contribution is -2.25. The lowest BCUT2D eigenvalue weighted by molar-refractivity contribution is 0.171. The number of benzene rings is 6. The van der Waals surface area contributed by atoms with Crippen LogP contribution in [0.5, 0.6) is 23.0 Å². The maximum absolute atomic E-state index is 12.8. The molecule has 0 atom stereocenters. The van der Waals surface area contributed by atoms with Crippen LogP contribution in [0.1, 0.15) is 32.0 Å². The number of ether oxygens (including phenoxy) is 4. The Kier molecular flexibility index (Phi) is 12.2. The van der Waals surface area contributed by atoms with Crippen molar-refractivity contribution in [1.82, 2.24) is 28.7 Å². The van der Waals surface area contributed by atoms with E-state index < -0.39 is 0 Å². The van der Waals surface area contributed by atoms with Crippen molar-refractivity contribution in [2.24, 2.45) is 0 Å². The molecule has 0 amide bonds. The van der Waals surface area contributed by atoms with Crippen LogP contribution in [-0.2, 0) is 26.1 Å². The largest absolute Gasteiger partial charge is 0.486 e. The molecule has 2 aliphatic heterocycles. The molecule has 0 N–H and O–H groups in total. The van der Waals surface area contributed by atoms with Gasteiger partial charge in [0.05, 0.1) is 33.1 Å². The van der Waals surface area contributed by atoms with E-state index in [1.54, 1.807) is 19.8 Å². The first kappa shape index (κ1) is 42.3. The Morgan fingerprint density at radius 1 is 0.446 bits per heavy atom.